The summed E-state index contributed by atoms with van der Waals surface area (Å²) in [5, 5.41) is 13.4. The molecule has 0 aliphatic heterocycles. The first kappa shape index (κ1) is 12.8. The normalized spacial score (nSPS) is 10.9. The van der Waals surface area contributed by atoms with Crippen LogP contribution in [-0.4, -0.2) is 20.9 Å². The molecule has 0 spiro atoms. The second kappa shape index (κ2) is 4.94. The number of aromatic carboxylic acids is 1. The fraction of sp³-hybridized carbons (Fsp3) is 0.231. The van der Waals surface area contributed by atoms with Crippen LogP contribution in [0.5, 0.6) is 0 Å². The zero-order chi connectivity index (χ0) is 13.3. The molecule has 0 aliphatic carbocycles. The Balaban J connectivity index is 2.41. The van der Waals surface area contributed by atoms with Gasteiger partial charge in [-0.15, -0.1) is 0 Å². The van der Waals surface area contributed by atoms with Gasteiger partial charge in [0.25, 0.3) is 0 Å². The maximum absolute atomic E-state index is 10.9. The van der Waals surface area contributed by atoms with Crippen LogP contribution in [0.25, 0.3) is 5.69 Å². The zero-order valence-electron chi connectivity index (χ0n) is 10.1. The van der Waals surface area contributed by atoms with Gasteiger partial charge in [0, 0.05) is 10.7 Å². The number of hydrogen-bond donors (Lipinski definition) is 1. The van der Waals surface area contributed by atoms with E-state index < -0.39 is 5.97 Å². The lowest BCUT2D eigenvalue weighted by Gasteiger charge is -2.06. The second-order valence-electron chi connectivity index (χ2n) is 4.31. The molecule has 2 aromatic rings. The highest BCUT2D eigenvalue weighted by molar-refractivity contribution is 9.10. The fourth-order valence-corrected chi connectivity index (χ4v) is 2.17. The number of carboxylic acid groups (broad SMARTS) is 1. The Labute approximate surface area is 113 Å². The SMILES string of the molecule is CC(C)c1ccn(-c2ccc(C(=O)O)cc2Br)n1. The number of hydrogen-bond acceptors (Lipinski definition) is 2. The van der Waals surface area contributed by atoms with E-state index in [0.717, 1.165) is 11.4 Å². The van der Waals surface area contributed by atoms with Crippen molar-refractivity contribution >= 4 is 21.9 Å². The van der Waals surface area contributed by atoms with Gasteiger partial charge in [0.1, 0.15) is 0 Å². The Morgan fingerprint density at radius 3 is 2.61 bits per heavy atom. The van der Waals surface area contributed by atoms with Gasteiger partial charge < -0.3 is 5.11 Å². The lowest BCUT2D eigenvalue weighted by molar-refractivity contribution is 0.0697. The van der Waals surface area contributed by atoms with Crippen molar-refractivity contribution in [2.45, 2.75) is 19.8 Å². The number of rotatable bonds is 3. The van der Waals surface area contributed by atoms with Gasteiger partial charge in [-0.25, -0.2) is 9.48 Å². The largest absolute Gasteiger partial charge is 0.478 e. The average Bonchev–Trinajstić information content (AvgIpc) is 2.78. The summed E-state index contributed by atoms with van der Waals surface area (Å²) in [6, 6.07) is 6.85. The molecule has 0 radical (unpaired) electrons. The van der Waals surface area contributed by atoms with E-state index in [-0.39, 0.29) is 5.56 Å². The molecule has 4 nitrogen and oxygen atoms in total. The molecule has 0 unspecified atom stereocenters. The van der Waals surface area contributed by atoms with Gasteiger partial charge in [-0.2, -0.15) is 5.10 Å². The van der Waals surface area contributed by atoms with E-state index in [1.54, 1.807) is 22.9 Å². The van der Waals surface area contributed by atoms with Crippen molar-refractivity contribution in [3.8, 4) is 5.69 Å². The third kappa shape index (κ3) is 2.46. The summed E-state index contributed by atoms with van der Waals surface area (Å²) in [5.74, 6) is -0.575. The molecule has 0 aliphatic rings. The van der Waals surface area contributed by atoms with Gasteiger partial charge in [0.2, 0.25) is 0 Å². The first-order chi connectivity index (χ1) is 8.49. The quantitative estimate of drug-likeness (QED) is 0.944. The Morgan fingerprint density at radius 2 is 2.11 bits per heavy atom. The topological polar surface area (TPSA) is 55.1 Å². The van der Waals surface area contributed by atoms with Gasteiger partial charge in [0.15, 0.2) is 0 Å². The number of carboxylic acids is 1. The van der Waals surface area contributed by atoms with Gasteiger partial charge in [-0.3, -0.25) is 0 Å². The summed E-state index contributed by atoms with van der Waals surface area (Å²) < 4.78 is 2.45. The lowest BCUT2D eigenvalue weighted by Crippen LogP contribution is -2.01. The van der Waals surface area contributed by atoms with E-state index in [1.807, 2.05) is 12.3 Å². The van der Waals surface area contributed by atoms with Gasteiger partial charge in [0.05, 0.1) is 16.9 Å². The van der Waals surface area contributed by atoms with Gasteiger partial charge in [-0.1, -0.05) is 13.8 Å². The molecule has 1 N–H and O–H groups in total. The third-order valence-electron chi connectivity index (χ3n) is 2.64. The summed E-state index contributed by atoms with van der Waals surface area (Å²) in [4.78, 5) is 10.9. The zero-order valence-corrected chi connectivity index (χ0v) is 11.7. The Hall–Kier alpha value is -1.62. The number of aromatic nitrogens is 2. The van der Waals surface area contributed by atoms with Crippen LogP contribution in [0, 0.1) is 0 Å². The summed E-state index contributed by atoms with van der Waals surface area (Å²) in [5.41, 5.74) is 2.08. The molecule has 94 valence electrons. The fourth-order valence-electron chi connectivity index (χ4n) is 1.61. The van der Waals surface area contributed by atoms with E-state index in [1.165, 1.54) is 0 Å². The van der Waals surface area contributed by atoms with E-state index in [4.69, 9.17) is 5.11 Å². The standard InChI is InChI=1S/C13H13BrN2O2/c1-8(2)11-5-6-16(15-11)12-4-3-9(13(17)18)7-10(12)14/h3-8H,1-2H3,(H,17,18). The molecule has 0 amide bonds. The maximum Gasteiger partial charge on any atom is 0.335 e. The van der Waals surface area contributed by atoms with Crippen LogP contribution >= 0.6 is 15.9 Å². The monoisotopic (exact) mass is 308 g/mol. The molecule has 0 fully saturated rings. The number of carbonyl (C=O) groups is 1. The Bertz CT molecular complexity index is 590. The minimum Gasteiger partial charge on any atom is -0.478 e. The number of halogens is 1. The van der Waals surface area contributed by atoms with Crippen molar-refractivity contribution in [1.29, 1.82) is 0 Å². The van der Waals surface area contributed by atoms with Crippen molar-refractivity contribution in [3.05, 3.63) is 46.2 Å². The van der Waals surface area contributed by atoms with Crippen molar-refractivity contribution in [2.75, 3.05) is 0 Å². The number of nitrogens with zero attached hydrogens (tertiary/aromatic N) is 2. The minimum atomic E-state index is -0.939. The molecule has 0 atom stereocenters. The van der Waals surface area contributed by atoms with Gasteiger partial charge in [-0.05, 0) is 46.1 Å². The summed E-state index contributed by atoms with van der Waals surface area (Å²) in [6.07, 6.45) is 1.87. The van der Waals surface area contributed by atoms with Crippen LogP contribution in [0.1, 0.15) is 35.8 Å². The van der Waals surface area contributed by atoms with Crippen LogP contribution in [-0.2, 0) is 0 Å². The van der Waals surface area contributed by atoms with E-state index in [2.05, 4.69) is 34.9 Å². The number of benzene rings is 1. The molecule has 1 heterocycles. The van der Waals surface area contributed by atoms with E-state index in [9.17, 15) is 4.79 Å². The van der Waals surface area contributed by atoms with E-state index in [0.29, 0.717) is 10.4 Å². The highest BCUT2D eigenvalue weighted by Crippen LogP contribution is 2.23. The maximum atomic E-state index is 10.9. The third-order valence-corrected chi connectivity index (χ3v) is 3.28. The molecule has 1 aromatic heterocycles. The molecule has 18 heavy (non-hydrogen) atoms. The van der Waals surface area contributed by atoms with Crippen LogP contribution in [0.4, 0.5) is 0 Å². The highest BCUT2D eigenvalue weighted by atomic mass is 79.9. The lowest BCUT2D eigenvalue weighted by atomic mass is 10.1. The summed E-state index contributed by atoms with van der Waals surface area (Å²) >= 11 is 3.37. The molecular formula is C13H13BrN2O2. The molecule has 2 rings (SSSR count). The molecule has 0 bridgehead atoms. The second-order valence-corrected chi connectivity index (χ2v) is 5.17. The predicted molar refractivity (Wildman–Crippen MR) is 72.3 cm³/mol. The smallest absolute Gasteiger partial charge is 0.335 e. The van der Waals surface area contributed by atoms with Crippen molar-refractivity contribution in [1.82, 2.24) is 9.78 Å². The van der Waals surface area contributed by atoms with Crippen LogP contribution in [0.2, 0.25) is 0 Å². The summed E-state index contributed by atoms with van der Waals surface area (Å²) in [7, 11) is 0. The molecule has 0 saturated heterocycles. The first-order valence-corrected chi connectivity index (χ1v) is 6.37. The molecule has 0 saturated carbocycles. The molecule has 5 heteroatoms. The van der Waals surface area contributed by atoms with E-state index >= 15 is 0 Å². The first-order valence-electron chi connectivity index (χ1n) is 5.58. The van der Waals surface area contributed by atoms with Crippen molar-refractivity contribution in [2.24, 2.45) is 0 Å². The average molecular weight is 309 g/mol. The molecule has 1 aromatic carbocycles. The Kier molecular flexibility index (Phi) is 3.52. The van der Waals surface area contributed by atoms with Crippen LogP contribution in [0.3, 0.4) is 0 Å². The predicted octanol–water partition coefficient (Wildman–Crippen LogP) is 3.46. The Morgan fingerprint density at radius 1 is 1.39 bits per heavy atom. The van der Waals surface area contributed by atoms with Crippen molar-refractivity contribution < 1.29 is 9.90 Å². The van der Waals surface area contributed by atoms with Gasteiger partial charge >= 0.3 is 5.97 Å². The minimum absolute atomic E-state index is 0.252. The summed E-state index contributed by atoms with van der Waals surface area (Å²) in [6.45, 7) is 4.16. The molecular weight excluding hydrogens is 296 g/mol. The van der Waals surface area contributed by atoms with Crippen molar-refractivity contribution in [3.63, 3.8) is 0 Å². The van der Waals surface area contributed by atoms with Crippen LogP contribution in [0.15, 0.2) is 34.9 Å². The van der Waals surface area contributed by atoms with Crippen LogP contribution < -0.4 is 0 Å². The highest BCUT2D eigenvalue weighted by Gasteiger charge is 2.10.